The van der Waals surface area contributed by atoms with E-state index in [-0.39, 0.29) is 13.0 Å². The summed E-state index contributed by atoms with van der Waals surface area (Å²) in [6, 6.07) is 0. The Balaban J connectivity index is 0. The largest absolute Gasteiger partial charge is 0.481 e. The van der Waals surface area contributed by atoms with Crippen molar-refractivity contribution < 1.29 is 22.5 Å². The van der Waals surface area contributed by atoms with Crippen LogP contribution in [-0.2, 0) is 19.1 Å². The van der Waals surface area contributed by atoms with Crippen LogP contribution < -0.4 is 5.73 Å². The van der Waals surface area contributed by atoms with E-state index >= 15 is 0 Å². The molecule has 0 fully saturated rings. The molecule has 116 valence electrons. The summed E-state index contributed by atoms with van der Waals surface area (Å²) in [5.41, 5.74) is 4.85. The molecule has 0 radical (unpaired) electrons. The lowest BCUT2D eigenvalue weighted by Crippen LogP contribution is -2.12. The van der Waals surface area contributed by atoms with Crippen LogP contribution >= 0.6 is 0 Å². The van der Waals surface area contributed by atoms with Gasteiger partial charge in [0.1, 0.15) is 0 Å². The molecule has 7 heteroatoms. The number of carboxylic acids is 1. The van der Waals surface area contributed by atoms with Crippen LogP contribution in [-0.4, -0.2) is 38.9 Å². The van der Waals surface area contributed by atoms with Gasteiger partial charge < -0.3 is 10.8 Å². The molecule has 0 aromatic carbocycles. The third-order valence-corrected chi connectivity index (χ3v) is 2.98. The smallest absolute Gasteiger partial charge is 0.304 e. The third kappa shape index (κ3) is 19.8. The van der Waals surface area contributed by atoms with Crippen LogP contribution in [0.3, 0.4) is 0 Å². The molecule has 0 aliphatic rings. The first-order chi connectivity index (χ1) is 8.76. The number of carboxylic acid groups (broad SMARTS) is 1. The summed E-state index contributed by atoms with van der Waals surface area (Å²) in [4.78, 5) is 9.52. The molecule has 0 saturated carbocycles. The minimum absolute atomic E-state index is 0.0694. The predicted octanol–water partition coefficient (Wildman–Crippen LogP) is 1.60. The van der Waals surface area contributed by atoms with Crippen LogP contribution in [0.1, 0.15) is 46.0 Å². The van der Waals surface area contributed by atoms with Crippen molar-refractivity contribution in [3.05, 3.63) is 0 Å². The fraction of sp³-hybridized carbons (Fsp3) is 0.917. The average Bonchev–Trinajstić information content (AvgIpc) is 2.28. The van der Waals surface area contributed by atoms with E-state index in [2.05, 4.69) is 13.8 Å². The highest BCUT2D eigenvalue weighted by Gasteiger charge is 2.09. The Morgan fingerprint density at radius 3 is 2.21 bits per heavy atom. The molecule has 0 amide bonds. The minimum Gasteiger partial charge on any atom is -0.481 e. The molecule has 1 atom stereocenters. The van der Waals surface area contributed by atoms with Gasteiger partial charge in [0.2, 0.25) is 0 Å². The van der Waals surface area contributed by atoms with Crippen molar-refractivity contribution in [3.63, 3.8) is 0 Å². The Bertz CT molecular complexity index is 316. The molecule has 0 aliphatic heterocycles. The van der Waals surface area contributed by atoms with Crippen molar-refractivity contribution >= 4 is 16.1 Å². The highest BCUT2D eigenvalue weighted by molar-refractivity contribution is 7.85. The van der Waals surface area contributed by atoms with E-state index in [9.17, 15) is 13.2 Å². The Labute approximate surface area is 116 Å². The second-order valence-electron chi connectivity index (χ2n) is 4.34. The van der Waals surface area contributed by atoms with E-state index < -0.39 is 16.1 Å². The van der Waals surface area contributed by atoms with E-state index in [1.807, 2.05) is 0 Å². The Morgan fingerprint density at radius 1 is 1.37 bits per heavy atom. The molecule has 0 heterocycles. The number of aliphatic carboxylic acids is 1. The summed E-state index contributed by atoms with van der Waals surface area (Å²) in [6.07, 6.45) is 5.50. The number of nitrogens with two attached hydrogens (primary N) is 1. The standard InChI is InChI=1S/C9H20O3S.C3H7NO2/c1-4-6-7-9(5-2)8-12-13(3,10)11;4-2-1-3(5)6/h9H,4-8H2,1-3H3;1-2,4H2,(H,5,6). The van der Waals surface area contributed by atoms with Gasteiger partial charge in [-0.25, -0.2) is 0 Å². The van der Waals surface area contributed by atoms with E-state index in [1.165, 1.54) is 0 Å². The summed E-state index contributed by atoms with van der Waals surface area (Å²) in [6.45, 7) is 4.76. The molecule has 3 N–H and O–H groups in total. The quantitative estimate of drug-likeness (QED) is 0.626. The highest BCUT2D eigenvalue weighted by atomic mass is 32.2. The van der Waals surface area contributed by atoms with Crippen LogP contribution in [0, 0.1) is 5.92 Å². The first-order valence-corrected chi connectivity index (χ1v) is 8.34. The second kappa shape index (κ2) is 12.4. The van der Waals surface area contributed by atoms with Crippen molar-refractivity contribution in [1.29, 1.82) is 0 Å². The zero-order valence-electron chi connectivity index (χ0n) is 12.1. The molecule has 0 saturated heterocycles. The van der Waals surface area contributed by atoms with Crippen molar-refractivity contribution in [3.8, 4) is 0 Å². The van der Waals surface area contributed by atoms with Gasteiger partial charge in [0, 0.05) is 6.54 Å². The van der Waals surface area contributed by atoms with Gasteiger partial charge in [-0.05, 0) is 12.3 Å². The van der Waals surface area contributed by atoms with Gasteiger partial charge in [0.15, 0.2) is 0 Å². The summed E-state index contributed by atoms with van der Waals surface area (Å²) in [5.74, 6) is -0.452. The molecule has 1 unspecified atom stereocenters. The monoisotopic (exact) mass is 297 g/mol. The van der Waals surface area contributed by atoms with Gasteiger partial charge in [0.05, 0.1) is 19.3 Å². The molecular weight excluding hydrogens is 270 g/mol. The zero-order chi connectivity index (χ0) is 15.3. The van der Waals surface area contributed by atoms with Gasteiger partial charge in [-0.3, -0.25) is 8.98 Å². The van der Waals surface area contributed by atoms with E-state index in [1.54, 1.807) is 0 Å². The number of unbranched alkanes of at least 4 members (excludes halogenated alkanes) is 1. The third-order valence-electron chi connectivity index (χ3n) is 2.42. The molecule has 0 bridgehead atoms. The van der Waals surface area contributed by atoms with Gasteiger partial charge in [0.25, 0.3) is 10.1 Å². The molecular formula is C12H27NO5S. The second-order valence-corrected chi connectivity index (χ2v) is 5.98. The normalized spacial score (nSPS) is 12.4. The van der Waals surface area contributed by atoms with Gasteiger partial charge in [-0.1, -0.05) is 33.1 Å². The first kappa shape index (κ1) is 20.7. The van der Waals surface area contributed by atoms with Crippen LogP contribution in [0.2, 0.25) is 0 Å². The Hall–Kier alpha value is -0.660. The van der Waals surface area contributed by atoms with Gasteiger partial charge in [-0.15, -0.1) is 0 Å². The molecule has 6 nitrogen and oxygen atoms in total. The molecule has 0 aromatic heterocycles. The van der Waals surface area contributed by atoms with E-state index in [4.69, 9.17) is 15.0 Å². The molecule has 19 heavy (non-hydrogen) atoms. The minimum atomic E-state index is -3.25. The van der Waals surface area contributed by atoms with Crippen LogP contribution in [0.25, 0.3) is 0 Å². The number of rotatable bonds is 9. The van der Waals surface area contributed by atoms with Crippen molar-refractivity contribution in [2.24, 2.45) is 11.7 Å². The zero-order valence-corrected chi connectivity index (χ0v) is 12.9. The van der Waals surface area contributed by atoms with Crippen molar-refractivity contribution in [2.75, 3.05) is 19.4 Å². The summed E-state index contributed by atoms with van der Waals surface area (Å²) in [7, 11) is -3.25. The molecule has 0 rings (SSSR count). The number of carbonyl (C=O) groups is 1. The maximum Gasteiger partial charge on any atom is 0.304 e. The Morgan fingerprint density at radius 2 is 1.95 bits per heavy atom. The van der Waals surface area contributed by atoms with E-state index in [0.717, 1.165) is 31.9 Å². The predicted molar refractivity (Wildman–Crippen MR) is 75.4 cm³/mol. The Kier molecular flexibility index (Phi) is 13.5. The number of hydrogen-bond acceptors (Lipinski definition) is 5. The summed E-state index contributed by atoms with van der Waals surface area (Å²) >= 11 is 0. The topological polar surface area (TPSA) is 107 Å². The van der Waals surface area contributed by atoms with Crippen molar-refractivity contribution in [2.45, 2.75) is 46.0 Å². The van der Waals surface area contributed by atoms with Gasteiger partial charge >= 0.3 is 5.97 Å². The molecule has 0 aliphatic carbocycles. The maximum atomic E-state index is 10.7. The van der Waals surface area contributed by atoms with Crippen LogP contribution in [0.5, 0.6) is 0 Å². The lowest BCUT2D eigenvalue weighted by atomic mass is 10.0. The SMILES string of the molecule is CCCCC(CC)COS(C)(=O)=O.NCCC(=O)O. The highest BCUT2D eigenvalue weighted by Crippen LogP contribution is 2.13. The molecule has 0 aromatic rings. The van der Waals surface area contributed by atoms with E-state index in [0.29, 0.717) is 12.5 Å². The van der Waals surface area contributed by atoms with Crippen molar-refractivity contribution in [1.82, 2.24) is 0 Å². The first-order valence-electron chi connectivity index (χ1n) is 6.53. The lowest BCUT2D eigenvalue weighted by Gasteiger charge is -2.12. The fourth-order valence-corrected chi connectivity index (χ4v) is 1.68. The lowest BCUT2D eigenvalue weighted by molar-refractivity contribution is -0.136. The summed E-state index contributed by atoms with van der Waals surface area (Å²) < 4.78 is 26.2. The average molecular weight is 297 g/mol. The number of hydrogen-bond donors (Lipinski definition) is 2. The van der Waals surface area contributed by atoms with Gasteiger partial charge in [-0.2, -0.15) is 8.42 Å². The summed E-state index contributed by atoms with van der Waals surface area (Å²) in [5, 5.41) is 7.83. The maximum absolute atomic E-state index is 10.7. The van der Waals surface area contributed by atoms with Crippen LogP contribution in [0.15, 0.2) is 0 Å². The fourth-order valence-electron chi connectivity index (χ4n) is 1.24. The molecule has 0 spiro atoms. The van der Waals surface area contributed by atoms with Crippen LogP contribution in [0.4, 0.5) is 0 Å².